The van der Waals surface area contributed by atoms with Crippen molar-refractivity contribution >= 4 is 44.9 Å². The van der Waals surface area contributed by atoms with Crippen molar-refractivity contribution in [1.29, 1.82) is 0 Å². The van der Waals surface area contributed by atoms with E-state index in [0.29, 0.717) is 40.8 Å². The highest BCUT2D eigenvalue weighted by atomic mass is 16.3. The number of fused-ring (bicyclic) bond motifs is 2. The third-order valence-corrected chi connectivity index (χ3v) is 5.37. The molecule has 150 valence electrons. The number of carbonyl (C=O) groups excluding carboxylic acids is 2. The van der Waals surface area contributed by atoms with Gasteiger partial charge in [0.05, 0.1) is 11.1 Å². The molecule has 1 aliphatic rings. The molecule has 0 spiro atoms. The van der Waals surface area contributed by atoms with Gasteiger partial charge in [0.1, 0.15) is 5.69 Å². The number of aryl methyl sites for hydroxylation is 2. The van der Waals surface area contributed by atoms with Gasteiger partial charge in [-0.15, -0.1) is 0 Å². The van der Waals surface area contributed by atoms with Crippen molar-refractivity contribution in [2.24, 2.45) is 7.05 Å². The van der Waals surface area contributed by atoms with Crippen LogP contribution in [0.5, 0.6) is 0 Å². The number of para-hydroxylation sites is 1. The van der Waals surface area contributed by atoms with E-state index in [1.165, 1.54) is 0 Å². The highest BCUT2D eigenvalue weighted by Gasteiger charge is 2.36. The summed E-state index contributed by atoms with van der Waals surface area (Å²) in [5.41, 5.74) is 3.24. The number of carbonyl (C=O) groups is 2. The second-order valence-corrected chi connectivity index (χ2v) is 7.23. The summed E-state index contributed by atoms with van der Waals surface area (Å²) < 4.78 is 3.61. The van der Waals surface area contributed by atoms with E-state index >= 15 is 0 Å². The summed E-state index contributed by atoms with van der Waals surface area (Å²) in [4.78, 5) is 30.1. The third kappa shape index (κ3) is 2.65. The molecule has 8 heteroatoms. The number of hydrogen-bond donors (Lipinski definition) is 2. The van der Waals surface area contributed by atoms with Gasteiger partial charge in [-0.25, -0.2) is 9.67 Å². The fourth-order valence-electron chi connectivity index (χ4n) is 4.05. The molecular weight excluding hydrogens is 382 g/mol. The minimum Gasteiger partial charge on any atom is -0.396 e. The van der Waals surface area contributed by atoms with Gasteiger partial charge in [0.2, 0.25) is 0 Å². The van der Waals surface area contributed by atoms with Crippen LogP contribution < -0.4 is 5.32 Å². The fraction of sp³-hybridized carbons (Fsp3) is 0.182. The van der Waals surface area contributed by atoms with Gasteiger partial charge in [0, 0.05) is 54.4 Å². The molecule has 0 radical (unpaired) electrons. The molecule has 3 aromatic heterocycles. The quantitative estimate of drug-likeness (QED) is 0.497. The van der Waals surface area contributed by atoms with Crippen LogP contribution >= 0.6 is 0 Å². The number of benzene rings is 1. The Balaban J connectivity index is 1.81. The number of aliphatic hydroxyl groups is 1. The van der Waals surface area contributed by atoms with Crippen LogP contribution in [0.15, 0.2) is 48.8 Å². The predicted molar refractivity (Wildman–Crippen MR) is 112 cm³/mol. The Morgan fingerprint density at radius 2 is 1.80 bits per heavy atom. The normalized spacial score (nSPS) is 14.3. The van der Waals surface area contributed by atoms with Crippen LogP contribution in [0.2, 0.25) is 0 Å². The van der Waals surface area contributed by atoms with Gasteiger partial charge in [0.15, 0.2) is 5.65 Å². The van der Waals surface area contributed by atoms with Crippen LogP contribution in [-0.2, 0) is 23.2 Å². The lowest BCUT2D eigenvalue weighted by Gasteiger charge is -2.02. The molecule has 4 heterocycles. The zero-order valence-corrected chi connectivity index (χ0v) is 16.3. The van der Waals surface area contributed by atoms with Gasteiger partial charge >= 0.3 is 0 Å². The molecule has 0 bridgehead atoms. The molecule has 1 aromatic carbocycles. The zero-order chi connectivity index (χ0) is 20.8. The Hall–Kier alpha value is -3.78. The lowest BCUT2D eigenvalue weighted by molar-refractivity contribution is -0.122. The lowest BCUT2D eigenvalue weighted by Crippen LogP contribution is -2.22. The van der Waals surface area contributed by atoms with Crippen molar-refractivity contribution in [2.45, 2.75) is 13.0 Å². The number of nitrogens with zero attached hydrogens (tertiary/aromatic N) is 4. The maximum Gasteiger partial charge on any atom is 0.261 e. The van der Waals surface area contributed by atoms with Gasteiger partial charge in [-0.1, -0.05) is 18.2 Å². The molecule has 30 heavy (non-hydrogen) atoms. The summed E-state index contributed by atoms with van der Waals surface area (Å²) in [7, 11) is 1.91. The minimum absolute atomic E-state index is 0.0203. The van der Waals surface area contributed by atoms with Crippen molar-refractivity contribution in [3.05, 3.63) is 60.0 Å². The Morgan fingerprint density at radius 3 is 2.63 bits per heavy atom. The van der Waals surface area contributed by atoms with Gasteiger partial charge < -0.3 is 9.67 Å². The summed E-state index contributed by atoms with van der Waals surface area (Å²) in [6, 6.07) is 11.4. The smallest absolute Gasteiger partial charge is 0.261 e. The van der Waals surface area contributed by atoms with E-state index in [2.05, 4.69) is 15.4 Å². The lowest BCUT2D eigenvalue weighted by atomic mass is 9.98. The average molecular weight is 401 g/mol. The molecule has 0 saturated heterocycles. The Kier molecular flexibility index (Phi) is 4.22. The summed E-state index contributed by atoms with van der Waals surface area (Å²) in [5, 5.41) is 17.8. The molecule has 2 amide bonds. The topological polar surface area (TPSA) is 102 Å². The number of nitrogens with one attached hydrogen (secondary N) is 1. The van der Waals surface area contributed by atoms with E-state index in [9.17, 15) is 14.7 Å². The first-order chi connectivity index (χ1) is 14.6. The number of aromatic nitrogens is 4. The average Bonchev–Trinajstić information content (AvgIpc) is 3.37. The largest absolute Gasteiger partial charge is 0.396 e. The molecule has 0 saturated carbocycles. The molecule has 5 rings (SSSR count). The first-order valence-electron chi connectivity index (χ1n) is 9.67. The summed E-state index contributed by atoms with van der Waals surface area (Å²) >= 11 is 0. The second-order valence-electron chi connectivity index (χ2n) is 7.23. The first kappa shape index (κ1) is 18.3. The van der Waals surface area contributed by atoms with E-state index in [1.807, 2.05) is 48.1 Å². The first-order valence-corrected chi connectivity index (χ1v) is 9.67. The number of aliphatic hydroxyl groups excluding tert-OH is 1. The molecule has 0 fully saturated rings. The Bertz CT molecular complexity index is 1360. The molecule has 1 aliphatic heterocycles. The molecule has 2 N–H and O–H groups in total. The second kappa shape index (κ2) is 6.93. The van der Waals surface area contributed by atoms with Crippen LogP contribution in [-0.4, -0.2) is 42.9 Å². The van der Waals surface area contributed by atoms with Crippen LogP contribution in [0, 0.1) is 0 Å². The summed E-state index contributed by atoms with van der Waals surface area (Å²) in [5.74, 6) is -0.909. The number of amides is 2. The van der Waals surface area contributed by atoms with Crippen molar-refractivity contribution in [3.63, 3.8) is 0 Å². The van der Waals surface area contributed by atoms with Crippen LogP contribution in [0.25, 0.3) is 33.1 Å². The number of pyridine rings is 1. The van der Waals surface area contributed by atoms with Crippen LogP contribution in [0.1, 0.15) is 17.7 Å². The van der Waals surface area contributed by atoms with Crippen LogP contribution in [0.4, 0.5) is 0 Å². The zero-order valence-electron chi connectivity index (χ0n) is 16.3. The molecular formula is C22H19N5O3. The monoisotopic (exact) mass is 401 g/mol. The molecule has 0 unspecified atom stereocenters. The third-order valence-electron chi connectivity index (χ3n) is 5.37. The molecule has 0 aliphatic carbocycles. The number of rotatable bonds is 5. The number of hydrogen-bond acceptors (Lipinski definition) is 5. The van der Waals surface area contributed by atoms with E-state index < -0.39 is 11.8 Å². The van der Waals surface area contributed by atoms with Gasteiger partial charge in [-0.05, 0) is 24.6 Å². The highest BCUT2D eigenvalue weighted by molar-refractivity contribution is 6.50. The standard InChI is InChI=1S/C22H19N5O3/c1-26-12-15(13-6-2-3-8-16(13)26)17-18(22(30)24-21(17)29)19-14-7-4-9-23-20(14)27(25-19)10-5-11-28/h2-4,6-9,12,28H,5,10-11H2,1H3,(H,24,29,30). The molecule has 8 nitrogen and oxygen atoms in total. The molecule has 0 atom stereocenters. The number of imide groups is 1. The van der Waals surface area contributed by atoms with Crippen molar-refractivity contribution in [3.8, 4) is 0 Å². The van der Waals surface area contributed by atoms with Crippen molar-refractivity contribution in [1.82, 2.24) is 24.6 Å². The minimum atomic E-state index is -0.472. The van der Waals surface area contributed by atoms with Crippen molar-refractivity contribution < 1.29 is 14.7 Å². The van der Waals surface area contributed by atoms with Crippen molar-refractivity contribution in [2.75, 3.05) is 6.61 Å². The highest BCUT2D eigenvalue weighted by Crippen LogP contribution is 2.37. The van der Waals surface area contributed by atoms with E-state index in [1.54, 1.807) is 16.9 Å². The fourth-order valence-corrected chi connectivity index (χ4v) is 4.05. The van der Waals surface area contributed by atoms with Crippen LogP contribution in [0.3, 0.4) is 0 Å². The van der Waals surface area contributed by atoms with Gasteiger partial charge in [-0.2, -0.15) is 5.10 Å². The maximum absolute atomic E-state index is 12.9. The van der Waals surface area contributed by atoms with E-state index in [0.717, 1.165) is 10.9 Å². The summed E-state index contributed by atoms with van der Waals surface area (Å²) in [6.07, 6.45) is 4.03. The van der Waals surface area contributed by atoms with E-state index in [4.69, 9.17) is 0 Å². The Labute approximate surface area is 171 Å². The SMILES string of the molecule is Cn1cc(C2=C(c3nn(CCCO)c4ncccc34)C(=O)NC2=O)c2ccccc21. The molecule has 4 aromatic rings. The van der Waals surface area contributed by atoms with Gasteiger partial charge in [-0.3, -0.25) is 14.9 Å². The van der Waals surface area contributed by atoms with Gasteiger partial charge in [0.25, 0.3) is 11.8 Å². The maximum atomic E-state index is 12.9. The van der Waals surface area contributed by atoms with E-state index in [-0.39, 0.29) is 12.2 Å². The predicted octanol–water partition coefficient (Wildman–Crippen LogP) is 1.87. The summed E-state index contributed by atoms with van der Waals surface area (Å²) in [6.45, 7) is 0.475. The Morgan fingerprint density at radius 1 is 1.03 bits per heavy atom.